The van der Waals surface area contributed by atoms with E-state index < -0.39 is 29.7 Å². The zero-order chi connectivity index (χ0) is 21.0. The van der Waals surface area contributed by atoms with Crippen molar-refractivity contribution in [3.8, 4) is 0 Å². The Morgan fingerprint density at radius 2 is 1.62 bits per heavy atom. The number of hydrogen-bond donors (Lipinski definition) is 1. The van der Waals surface area contributed by atoms with Crippen molar-refractivity contribution in [1.29, 1.82) is 0 Å². The summed E-state index contributed by atoms with van der Waals surface area (Å²) >= 11 is 0. The Balaban J connectivity index is 1.99. The van der Waals surface area contributed by atoms with Crippen LogP contribution in [-0.4, -0.2) is 39.9 Å². The van der Waals surface area contributed by atoms with Gasteiger partial charge in [0.2, 0.25) is 11.5 Å². The highest BCUT2D eigenvalue weighted by atomic mass is 16.5. The van der Waals surface area contributed by atoms with Crippen molar-refractivity contribution in [1.82, 2.24) is 4.90 Å². The summed E-state index contributed by atoms with van der Waals surface area (Å²) in [6.45, 7) is 3.49. The maximum atomic E-state index is 13.1. The molecule has 0 spiro atoms. The lowest BCUT2D eigenvalue weighted by molar-refractivity contribution is -0.151. The number of nitrogens with zero attached hydrogens (tertiary/aromatic N) is 1. The maximum absolute atomic E-state index is 13.1. The van der Waals surface area contributed by atoms with Crippen LogP contribution in [-0.2, 0) is 20.9 Å². The average Bonchev–Trinajstić information content (AvgIpc) is 2.90. The molecule has 2 aromatic carbocycles. The second kappa shape index (κ2) is 8.41. The predicted octanol–water partition coefficient (Wildman–Crippen LogP) is 2.87. The molecule has 0 radical (unpaired) electrons. The topological polar surface area (TPSA) is 83.9 Å². The smallest absolute Gasteiger partial charge is 0.343 e. The number of carbonyl (C=O) groups is 3. The highest BCUT2D eigenvalue weighted by molar-refractivity contribution is 6.23. The van der Waals surface area contributed by atoms with Crippen LogP contribution in [0.1, 0.15) is 36.2 Å². The molecule has 1 atom stereocenters. The third-order valence-electron chi connectivity index (χ3n) is 4.97. The molecule has 2 aromatic rings. The number of aliphatic hydroxyl groups is 1. The Hall–Kier alpha value is -3.25. The lowest BCUT2D eigenvalue weighted by Gasteiger charge is -2.35. The van der Waals surface area contributed by atoms with Gasteiger partial charge in [-0.15, -0.1) is 0 Å². The summed E-state index contributed by atoms with van der Waals surface area (Å²) in [5.74, 6) is -2.00. The third kappa shape index (κ3) is 3.98. The van der Waals surface area contributed by atoms with Gasteiger partial charge in [-0.1, -0.05) is 60.7 Å². The van der Waals surface area contributed by atoms with Gasteiger partial charge in [0.05, 0.1) is 13.0 Å². The Morgan fingerprint density at radius 1 is 1.03 bits per heavy atom. The van der Waals surface area contributed by atoms with Crippen molar-refractivity contribution in [3.63, 3.8) is 0 Å². The number of ether oxygens (including phenoxy) is 1. The van der Waals surface area contributed by atoms with Crippen LogP contribution >= 0.6 is 0 Å². The molecule has 0 bridgehead atoms. The zero-order valence-electron chi connectivity index (χ0n) is 16.4. The van der Waals surface area contributed by atoms with Crippen molar-refractivity contribution < 1.29 is 24.2 Å². The van der Waals surface area contributed by atoms with Gasteiger partial charge >= 0.3 is 5.97 Å². The van der Waals surface area contributed by atoms with Gasteiger partial charge in [-0.3, -0.25) is 9.59 Å². The highest BCUT2D eigenvalue weighted by Gasteiger charge is 2.53. The molecular weight excluding hydrogens is 370 g/mol. The summed E-state index contributed by atoms with van der Waals surface area (Å²) in [4.78, 5) is 39.7. The van der Waals surface area contributed by atoms with E-state index >= 15 is 0 Å². The maximum Gasteiger partial charge on any atom is 0.343 e. The Kier molecular flexibility index (Phi) is 5.94. The van der Waals surface area contributed by atoms with E-state index in [0.29, 0.717) is 11.3 Å². The molecule has 3 rings (SSSR count). The molecule has 0 aliphatic carbocycles. The lowest BCUT2D eigenvalue weighted by atomic mass is 9.95. The highest BCUT2D eigenvalue weighted by Crippen LogP contribution is 2.37. The van der Waals surface area contributed by atoms with Crippen LogP contribution in [0.2, 0.25) is 0 Å². The van der Waals surface area contributed by atoms with Crippen LogP contribution in [0.5, 0.6) is 0 Å². The number of esters is 1. The van der Waals surface area contributed by atoms with Gasteiger partial charge < -0.3 is 14.7 Å². The molecule has 0 amide bonds. The SMILES string of the molecule is CCOC(=O)C1=C(C)N(Cc2ccccc2)[C@@](O)(CC(=O)c2ccccc2)C1=O. The second-order valence-electron chi connectivity index (χ2n) is 6.86. The second-order valence-corrected chi connectivity index (χ2v) is 6.86. The van der Waals surface area contributed by atoms with Crippen molar-refractivity contribution in [3.05, 3.63) is 83.1 Å². The summed E-state index contributed by atoms with van der Waals surface area (Å²) in [6.07, 6.45) is -0.469. The Labute approximate surface area is 169 Å². The predicted molar refractivity (Wildman–Crippen MR) is 107 cm³/mol. The van der Waals surface area contributed by atoms with Crippen molar-refractivity contribution in [2.24, 2.45) is 0 Å². The quantitative estimate of drug-likeness (QED) is 0.442. The zero-order valence-corrected chi connectivity index (χ0v) is 16.4. The van der Waals surface area contributed by atoms with Crippen LogP contribution < -0.4 is 0 Å². The van der Waals surface area contributed by atoms with E-state index in [0.717, 1.165) is 5.56 Å². The molecule has 29 heavy (non-hydrogen) atoms. The number of carbonyl (C=O) groups excluding carboxylic acids is 3. The first kappa shape index (κ1) is 20.5. The molecule has 0 fully saturated rings. The van der Waals surface area contributed by atoms with E-state index in [-0.39, 0.29) is 18.7 Å². The van der Waals surface area contributed by atoms with Crippen LogP contribution in [0, 0.1) is 0 Å². The molecule has 0 unspecified atom stereocenters. The van der Waals surface area contributed by atoms with Crippen LogP contribution in [0.15, 0.2) is 71.9 Å². The number of benzene rings is 2. The first-order valence-electron chi connectivity index (χ1n) is 9.43. The third-order valence-corrected chi connectivity index (χ3v) is 4.97. The molecule has 6 heteroatoms. The number of Topliss-reactive ketones (excluding diaryl/α,β-unsaturated/α-hetero) is 2. The number of rotatable bonds is 7. The molecule has 150 valence electrons. The summed E-state index contributed by atoms with van der Waals surface area (Å²) in [5.41, 5.74) is -0.868. The molecular formula is C23H23NO5. The fourth-order valence-corrected chi connectivity index (χ4v) is 3.48. The monoisotopic (exact) mass is 393 g/mol. The first-order valence-corrected chi connectivity index (χ1v) is 9.43. The molecule has 0 saturated carbocycles. The van der Waals surface area contributed by atoms with E-state index in [1.54, 1.807) is 44.2 Å². The number of hydrogen-bond acceptors (Lipinski definition) is 6. The van der Waals surface area contributed by atoms with Crippen molar-refractivity contribution in [2.45, 2.75) is 32.5 Å². The molecule has 6 nitrogen and oxygen atoms in total. The van der Waals surface area contributed by atoms with Crippen LogP contribution in [0.25, 0.3) is 0 Å². The average molecular weight is 393 g/mol. The fraction of sp³-hybridized carbons (Fsp3) is 0.261. The number of ketones is 2. The summed E-state index contributed by atoms with van der Waals surface area (Å²) in [6, 6.07) is 17.7. The van der Waals surface area contributed by atoms with E-state index in [9.17, 15) is 19.5 Å². The first-order chi connectivity index (χ1) is 13.9. The van der Waals surface area contributed by atoms with E-state index in [1.807, 2.05) is 30.3 Å². The molecule has 0 saturated heterocycles. The standard InChI is InChI=1S/C23H23NO5/c1-3-29-22(27)20-16(2)24(15-17-10-6-4-7-11-17)23(28,21(20)26)14-19(25)18-12-8-5-9-13-18/h4-13,28H,3,14-15H2,1-2H3/t23-/m1/s1. The Morgan fingerprint density at radius 3 is 2.21 bits per heavy atom. The normalized spacial score (nSPS) is 18.9. The van der Waals surface area contributed by atoms with Crippen molar-refractivity contribution in [2.75, 3.05) is 6.61 Å². The van der Waals surface area contributed by atoms with Gasteiger partial charge in [-0.25, -0.2) is 4.79 Å². The summed E-state index contributed by atoms with van der Waals surface area (Å²) < 4.78 is 5.01. The molecule has 1 aliphatic heterocycles. The van der Waals surface area contributed by atoms with Crippen molar-refractivity contribution >= 4 is 17.5 Å². The fourth-order valence-electron chi connectivity index (χ4n) is 3.48. The molecule has 1 heterocycles. The van der Waals surface area contributed by atoms with Gasteiger partial charge in [-0.2, -0.15) is 0 Å². The minimum atomic E-state index is -2.16. The van der Waals surface area contributed by atoms with Crippen LogP contribution in [0.4, 0.5) is 0 Å². The lowest BCUT2D eigenvalue weighted by Crippen LogP contribution is -2.50. The van der Waals surface area contributed by atoms with Gasteiger partial charge in [0.25, 0.3) is 0 Å². The van der Waals surface area contributed by atoms with Gasteiger partial charge in [0.15, 0.2) is 5.78 Å². The largest absolute Gasteiger partial charge is 0.462 e. The minimum absolute atomic E-state index is 0.100. The van der Waals surface area contributed by atoms with E-state index in [1.165, 1.54) is 4.90 Å². The molecule has 1 aliphatic rings. The van der Waals surface area contributed by atoms with Gasteiger partial charge in [0, 0.05) is 17.8 Å². The van der Waals surface area contributed by atoms with Crippen LogP contribution in [0.3, 0.4) is 0 Å². The van der Waals surface area contributed by atoms with E-state index in [2.05, 4.69) is 0 Å². The van der Waals surface area contributed by atoms with Gasteiger partial charge in [0.1, 0.15) is 5.57 Å². The minimum Gasteiger partial charge on any atom is -0.462 e. The molecule has 0 aromatic heterocycles. The van der Waals surface area contributed by atoms with E-state index in [4.69, 9.17) is 4.74 Å². The molecule has 1 N–H and O–H groups in total. The number of allylic oxidation sites excluding steroid dienone is 1. The van der Waals surface area contributed by atoms with Gasteiger partial charge in [-0.05, 0) is 19.4 Å². The Bertz CT molecular complexity index is 952. The summed E-state index contributed by atoms with van der Waals surface area (Å²) in [5, 5.41) is 11.4. The summed E-state index contributed by atoms with van der Waals surface area (Å²) in [7, 11) is 0.